The SMILES string of the molecule is CCCN(CC(=O)N1CCc2sccc2[C@@H]1COc1ccc(C(C)C)cc1)C(=O)c1ccco1. The average molecular weight is 481 g/mol. The van der Waals surface area contributed by atoms with E-state index in [4.69, 9.17) is 9.15 Å². The summed E-state index contributed by atoms with van der Waals surface area (Å²) in [7, 11) is 0. The molecular formula is C27H32N2O4S. The van der Waals surface area contributed by atoms with Crippen molar-refractivity contribution in [1.29, 1.82) is 0 Å². The van der Waals surface area contributed by atoms with Gasteiger partial charge in [-0.05, 0) is 65.6 Å². The van der Waals surface area contributed by atoms with Crippen LogP contribution in [0.25, 0.3) is 0 Å². The highest BCUT2D eigenvalue weighted by atomic mass is 32.1. The number of rotatable bonds is 9. The smallest absolute Gasteiger partial charge is 0.290 e. The highest BCUT2D eigenvalue weighted by molar-refractivity contribution is 7.10. The molecule has 3 aromatic rings. The standard InChI is InChI=1S/C27H32N2O4S/c1-4-13-28(27(31)24-6-5-15-32-24)17-26(30)29-14-11-25-22(12-16-34-25)23(29)18-33-21-9-7-20(8-10-21)19(2)3/h5-10,12,15-16,19,23H,4,11,13-14,17-18H2,1-3H3/t23-/m0/s1. The number of thiophene rings is 1. The van der Waals surface area contributed by atoms with E-state index in [0.717, 1.165) is 24.2 Å². The van der Waals surface area contributed by atoms with E-state index in [1.165, 1.54) is 16.7 Å². The van der Waals surface area contributed by atoms with Crippen molar-refractivity contribution >= 4 is 23.2 Å². The van der Waals surface area contributed by atoms with Crippen LogP contribution in [-0.2, 0) is 11.2 Å². The van der Waals surface area contributed by atoms with E-state index in [-0.39, 0.29) is 30.2 Å². The second kappa shape index (κ2) is 10.9. The van der Waals surface area contributed by atoms with Crippen LogP contribution in [0.1, 0.15) is 65.7 Å². The summed E-state index contributed by atoms with van der Waals surface area (Å²) in [4.78, 5) is 31.1. The summed E-state index contributed by atoms with van der Waals surface area (Å²) in [5.74, 6) is 1.17. The van der Waals surface area contributed by atoms with Crippen molar-refractivity contribution < 1.29 is 18.7 Å². The Morgan fingerprint density at radius 1 is 1.21 bits per heavy atom. The number of amides is 2. The normalized spacial score (nSPS) is 15.3. The molecule has 1 aliphatic heterocycles. The van der Waals surface area contributed by atoms with Crippen LogP contribution in [0.2, 0.25) is 0 Å². The molecule has 34 heavy (non-hydrogen) atoms. The molecule has 0 fully saturated rings. The van der Waals surface area contributed by atoms with Crippen LogP contribution in [0.15, 0.2) is 58.5 Å². The van der Waals surface area contributed by atoms with Crippen LogP contribution in [0, 0.1) is 0 Å². The number of carbonyl (C=O) groups is 2. The summed E-state index contributed by atoms with van der Waals surface area (Å²) in [6.07, 6.45) is 3.05. The lowest BCUT2D eigenvalue weighted by atomic mass is 10.00. The Balaban J connectivity index is 1.49. The van der Waals surface area contributed by atoms with Gasteiger partial charge in [0.15, 0.2) is 5.76 Å². The van der Waals surface area contributed by atoms with Gasteiger partial charge in [0.05, 0.1) is 12.3 Å². The van der Waals surface area contributed by atoms with Crippen molar-refractivity contribution in [1.82, 2.24) is 9.80 Å². The van der Waals surface area contributed by atoms with Gasteiger partial charge < -0.3 is 19.0 Å². The molecule has 0 bridgehead atoms. The molecule has 0 radical (unpaired) electrons. The number of fused-ring (bicyclic) bond motifs is 1. The average Bonchev–Trinajstić information content (AvgIpc) is 3.54. The van der Waals surface area contributed by atoms with E-state index in [2.05, 4.69) is 37.4 Å². The van der Waals surface area contributed by atoms with Gasteiger partial charge in [-0.1, -0.05) is 32.9 Å². The number of hydrogen-bond donors (Lipinski definition) is 0. The molecule has 0 saturated carbocycles. The Morgan fingerprint density at radius 3 is 2.68 bits per heavy atom. The van der Waals surface area contributed by atoms with Gasteiger partial charge in [0, 0.05) is 18.0 Å². The second-order valence-corrected chi connectivity index (χ2v) is 9.89. The molecule has 1 aromatic carbocycles. The molecule has 0 unspecified atom stereocenters. The minimum Gasteiger partial charge on any atom is -0.491 e. The zero-order chi connectivity index (χ0) is 24.1. The second-order valence-electron chi connectivity index (χ2n) is 8.89. The van der Waals surface area contributed by atoms with Crippen LogP contribution in [-0.4, -0.2) is 47.9 Å². The van der Waals surface area contributed by atoms with Crippen molar-refractivity contribution in [2.75, 3.05) is 26.2 Å². The molecule has 2 amide bonds. The molecule has 0 saturated heterocycles. The van der Waals surface area contributed by atoms with E-state index >= 15 is 0 Å². The maximum atomic E-state index is 13.5. The summed E-state index contributed by atoms with van der Waals surface area (Å²) in [6.45, 7) is 7.82. The highest BCUT2D eigenvalue weighted by Crippen LogP contribution is 2.34. The van der Waals surface area contributed by atoms with Crippen LogP contribution < -0.4 is 4.74 Å². The number of furan rings is 1. The number of benzene rings is 1. The molecular weight excluding hydrogens is 448 g/mol. The predicted octanol–water partition coefficient (Wildman–Crippen LogP) is 5.52. The van der Waals surface area contributed by atoms with E-state index < -0.39 is 0 Å². The lowest BCUT2D eigenvalue weighted by molar-refractivity contribution is -0.135. The highest BCUT2D eigenvalue weighted by Gasteiger charge is 2.33. The third-order valence-corrected chi connectivity index (χ3v) is 7.21. The van der Waals surface area contributed by atoms with Crippen LogP contribution >= 0.6 is 11.3 Å². The molecule has 0 aliphatic carbocycles. The molecule has 3 heterocycles. The fourth-order valence-corrected chi connectivity index (χ4v) is 5.26. The number of nitrogens with zero attached hydrogens (tertiary/aromatic N) is 2. The molecule has 0 N–H and O–H groups in total. The Morgan fingerprint density at radius 2 is 2.00 bits per heavy atom. The Kier molecular flexibility index (Phi) is 7.73. The summed E-state index contributed by atoms with van der Waals surface area (Å²) in [6, 6.07) is 13.4. The van der Waals surface area contributed by atoms with Gasteiger partial charge in [-0.2, -0.15) is 0 Å². The number of ether oxygens (including phenoxy) is 1. The minimum atomic E-state index is -0.258. The molecule has 1 atom stereocenters. The molecule has 4 rings (SSSR count). The van der Waals surface area contributed by atoms with Crippen LogP contribution in [0.4, 0.5) is 0 Å². The monoisotopic (exact) mass is 480 g/mol. The molecule has 2 aromatic heterocycles. The van der Waals surface area contributed by atoms with Crippen molar-refractivity contribution in [3.63, 3.8) is 0 Å². The zero-order valence-electron chi connectivity index (χ0n) is 20.0. The first-order valence-corrected chi connectivity index (χ1v) is 12.8. The van der Waals surface area contributed by atoms with E-state index in [0.29, 0.717) is 25.6 Å². The van der Waals surface area contributed by atoms with Gasteiger partial charge >= 0.3 is 0 Å². The Bertz CT molecular complexity index is 1090. The lowest BCUT2D eigenvalue weighted by Gasteiger charge is -2.37. The van der Waals surface area contributed by atoms with Gasteiger partial charge in [-0.25, -0.2) is 0 Å². The third kappa shape index (κ3) is 5.36. The predicted molar refractivity (Wildman–Crippen MR) is 133 cm³/mol. The zero-order valence-corrected chi connectivity index (χ0v) is 20.8. The number of hydrogen-bond acceptors (Lipinski definition) is 5. The lowest BCUT2D eigenvalue weighted by Crippen LogP contribution is -2.48. The first-order valence-electron chi connectivity index (χ1n) is 11.9. The first kappa shape index (κ1) is 24.1. The third-order valence-electron chi connectivity index (χ3n) is 6.21. The minimum absolute atomic E-state index is 0.0203. The fraction of sp³-hybridized carbons (Fsp3) is 0.407. The van der Waals surface area contributed by atoms with Crippen molar-refractivity contribution in [3.05, 3.63) is 75.9 Å². The van der Waals surface area contributed by atoms with Gasteiger partial charge in [-0.3, -0.25) is 9.59 Å². The topological polar surface area (TPSA) is 63.0 Å². The summed E-state index contributed by atoms with van der Waals surface area (Å²) in [5.41, 5.74) is 2.40. The fourth-order valence-electron chi connectivity index (χ4n) is 4.33. The van der Waals surface area contributed by atoms with Gasteiger partial charge in [0.1, 0.15) is 18.9 Å². The van der Waals surface area contributed by atoms with Crippen LogP contribution in [0.5, 0.6) is 5.75 Å². The molecule has 7 heteroatoms. The van der Waals surface area contributed by atoms with Crippen LogP contribution in [0.3, 0.4) is 0 Å². The van der Waals surface area contributed by atoms with E-state index in [1.807, 2.05) is 24.0 Å². The van der Waals surface area contributed by atoms with Crippen molar-refractivity contribution in [3.8, 4) is 5.75 Å². The van der Waals surface area contributed by atoms with Crippen molar-refractivity contribution in [2.24, 2.45) is 0 Å². The molecule has 0 spiro atoms. The van der Waals surface area contributed by atoms with Gasteiger partial charge in [0.2, 0.25) is 5.91 Å². The maximum absolute atomic E-state index is 13.5. The first-order chi connectivity index (χ1) is 16.5. The molecule has 1 aliphatic rings. The van der Waals surface area contributed by atoms with Crippen molar-refractivity contribution in [2.45, 2.75) is 45.6 Å². The molecule has 180 valence electrons. The summed E-state index contributed by atoms with van der Waals surface area (Å²) < 4.78 is 11.4. The van der Waals surface area contributed by atoms with Gasteiger partial charge in [0.25, 0.3) is 5.91 Å². The largest absolute Gasteiger partial charge is 0.491 e. The molecule has 6 nitrogen and oxygen atoms in total. The maximum Gasteiger partial charge on any atom is 0.290 e. The van der Waals surface area contributed by atoms with E-state index in [1.54, 1.807) is 28.4 Å². The quantitative estimate of drug-likeness (QED) is 0.404. The Hall–Kier alpha value is -3.06. The van der Waals surface area contributed by atoms with Gasteiger partial charge in [-0.15, -0.1) is 11.3 Å². The Labute approximate surface area is 205 Å². The van der Waals surface area contributed by atoms with E-state index in [9.17, 15) is 9.59 Å². The summed E-state index contributed by atoms with van der Waals surface area (Å²) in [5, 5.41) is 2.08. The number of carbonyl (C=O) groups excluding carboxylic acids is 2. The summed E-state index contributed by atoms with van der Waals surface area (Å²) >= 11 is 1.72.